The summed E-state index contributed by atoms with van der Waals surface area (Å²) in [7, 11) is -2.86. The SMILES string of the molecule is CCCCCCCCCCCC(=O)O.O=[S-](=O)O.[Na+]. The van der Waals surface area contributed by atoms with E-state index in [-0.39, 0.29) is 29.6 Å². The van der Waals surface area contributed by atoms with Gasteiger partial charge in [-0.25, -0.2) is 0 Å². The maximum Gasteiger partial charge on any atom is 1.00 e. The van der Waals surface area contributed by atoms with Gasteiger partial charge in [-0.05, 0) is 6.42 Å². The quantitative estimate of drug-likeness (QED) is 0.204. The normalized spacial score (nSPS) is 9.42. The first-order chi connectivity index (χ1) is 8.50. The third-order valence-corrected chi connectivity index (χ3v) is 2.49. The van der Waals surface area contributed by atoms with E-state index in [1.165, 1.54) is 44.9 Å². The molecule has 0 radical (unpaired) electrons. The molecule has 2 N–H and O–H groups in total. The molecular weight excluding hydrogens is 279 g/mol. The summed E-state index contributed by atoms with van der Waals surface area (Å²) in [5.41, 5.74) is 0. The van der Waals surface area contributed by atoms with E-state index < -0.39 is 17.0 Å². The fourth-order valence-electron chi connectivity index (χ4n) is 1.59. The Hall–Kier alpha value is 0.380. The van der Waals surface area contributed by atoms with Gasteiger partial charge in [0.1, 0.15) is 0 Å². The number of unbranched alkanes of at least 4 members (excludes halogenated alkanes) is 8. The van der Waals surface area contributed by atoms with Crippen molar-refractivity contribution in [3.8, 4) is 0 Å². The summed E-state index contributed by atoms with van der Waals surface area (Å²) in [6, 6.07) is 0. The van der Waals surface area contributed by atoms with Crippen molar-refractivity contribution in [2.45, 2.75) is 71.1 Å². The molecule has 0 unspecified atom stereocenters. The van der Waals surface area contributed by atoms with Crippen LogP contribution in [0.25, 0.3) is 0 Å². The van der Waals surface area contributed by atoms with Crippen molar-refractivity contribution >= 4 is 17.0 Å². The molecule has 19 heavy (non-hydrogen) atoms. The molecule has 0 aromatic heterocycles. The average Bonchev–Trinajstić information content (AvgIpc) is 2.26. The van der Waals surface area contributed by atoms with Crippen molar-refractivity contribution in [3.63, 3.8) is 0 Å². The Morgan fingerprint density at radius 3 is 1.53 bits per heavy atom. The Morgan fingerprint density at radius 1 is 0.895 bits per heavy atom. The first-order valence-electron chi connectivity index (χ1n) is 6.50. The number of rotatable bonds is 10. The second-order valence-electron chi connectivity index (χ2n) is 4.19. The molecule has 0 aliphatic carbocycles. The van der Waals surface area contributed by atoms with Crippen LogP contribution in [0.2, 0.25) is 0 Å². The smallest absolute Gasteiger partial charge is 0.481 e. The van der Waals surface area contributed by atoms with Crippen LogP contribution in [0.5, 0.6) is 0 Å². The predicted molar refractivity (Wildman–Crippen MR) is 70.8 cm³/mol. The minimum Gasteiger partial charge on any atom is -0.481 e. The van der Waals surface area contributed by atoms with Crippen LogP contribution in [-0.2, 0) is 24.2 Å². The van der Waals surface area contributed by atoms with E-state index in [1.807, 2.05) is 0 Å². The van der Waals surface area contributed by atoms with E-state index in [4.69, 9.17) is 18.1 Å². The second-order valence-corrected chi connectivity index (χ2v) is 4.62. The monoisotopic (exact) mass is 304 g/mol. The van der Waals surface area contributed by atoms with E-state index in [9.17, 15) is 4.79 Å². The maximum atomic E-state index is 10.2. The van der Waals surface area contributed by atoms with Gasteiger partial charge in [0.15, 0.2) is 0 Å². The van der Waals surface area contributed by atoms with Crippen LogP contribution in [0.3, 0.4) is 0 Å². The van der Waals surface area contributed by atoms with Gasteiger partial charge in [0.05, 0.1) is 0 Å². The fraction of sp³-hybridized carbons (Fsp3) is 0.917. The van der Waals surface area contributed by atoms with Gasteiger partial charge in [0.2, 0.25) is 0 Å². The number of hydrogen-bond acceptors (Lipinski definition) is 4. The minimum absolute atomic E-state index is 0. The number of hydrogen-bond donors (Lipinski definition) is 2. The second kappa shape index (κ2) is 20.7. The van der Waals surface area contributed by atoms with Gasteiger partial charge in [-0.15, -0.1) is 0 Å². The fourth-order valence-corrected chi connectivity index (χ4v) is 1.59. The molecule has 0 atom stereocenters. The van der Waals surface area contributed by atoms with Crippen LogP contribution in [-0.4, -0.2) is 15.6 Å². The standard InChI is InChI=1S/C12H24O2.Na.HO3S/c1-2-3-4-5-6-7-8-9-10-11-12(13)14;;1-4(2)3/h2-11H2,1H3,(H,13,14);;(H,1,2,3)/q;+1;-1. The van der Waals surface area contributed by atoms with Crippen LogP contribution in [0.15, 0.2) is 0 Å². The van der Waals surface area contributed by atoms with Crippen LogP contribution in [0.4, 0.5) is 0 Å². The Kier molecular flexibility index (Phi) is 26.6. The van der Waals surface area contributed by atoms with Crippen LogP contribution in [0.1, 0.15) is 71.1 Å². The summed E-state index contributed by atoms with van der Waals surface area (Å²) in [5, 5.41) is 8.41. The topological polar surface area (TPSA) is 91.7 Å². The van der Waals surface area contributed by atoms with Gasteiger partial charge in [0.25, 0.3) is 0 Å². The molecule has 0 aliphatic heterocycles. The predicted octanol–water partition coefficient (Wildman–Crippen LogP) is 0.765. The Bertz CT molecular complexity index is 249. The maximum absolute atomic E-state index is 10.2. The summed E-state index contributed by atoms with van der Waals surface area (Å²) in [6.45, 7) is 2.23. The molecule has 0 spiro atoms. The minimum atomic E-state index is -2.86. The molecule has 0 saturated carbocycles. The van der Waals surface area contributed by atoms with Crippen molar-refractivity contribution in [2.75, 3.05) is 0 Å². The van der Waals surface area contributed by atoms with Gasteiger partial charge in [-0.1, -0.05) is 58.3 Å². The molecule has 0 aromatic carbocycles. The van der Waals surface area contributed by atoms with E-state index in [2.05, 4.69) is 6.92 Å². The molecule has 0 bridgehead atoms. The first-order valence-corrected chi connectivity index (χ1v) is 7.54. The third kappa shape index (κ3) is 38.1. The Balaban J connectivity index is -0.000000448. The zero-order valence-corrected chi connectivity index (χ0v) is 14.9. The zero-order valence-electron chi connectivity index (χ0n) is 12.1. The van der Waals surface area contributed by atoms with E-state index >= 15 is 0 Å². The van der Waals surface area contributed by atoms with Crippen LogP contribution < -0.4 is 29.6 Å². The van der Waals surface area contributed by atoms with Crippen molar-refractivity contribution in [1.29, 1.82) is 0 Å². The summed E-state index contributed by atoms with van der Waals surface area (Å²) in [4.78, 5) is 10.2. The molecular formula is C12H25NaO5S. The van der Waals surface area contributed by atoms with Crippen molar-refractivity contribution < 1.29 is 52.4 Å². The average molecular weight is 304 g/mol. The van der Waals surface area contributed by atoms with Crippen molar-refractivity contribution in [3.05, 3.63) is 0 Å². The number of carbonyl (C=O) groups is 1. The Labute approximate surface area is 140 Å². The third-order valence-electron chi connectivity index (χ3n) is 2.49. The first kappa shape index (κ1) is 24.4. The largest absolute Gasteiger partial charge is 1.00 e. The molecule has 0 aliphatic rings. The van der Waals surface area contributed by atoms with Gasteiger partial charge in [0, 0.05) is 17.4 Å². The van der Waals surface area contributed by atoms with Crippen LogP contribution >= 0.6 is 0 Å². The van der Waals surface area contributed by atoms with Gasteiger partial charge < -0.3 is 18.1 Å². The molecule has 0 saturated heterocycles. The molecule has 5 nitrogen and oxygen atoms in total. The van der Waals surface area contributed by atoms with Gasteiger partial charge in [-0.2, -0.15) is 0 Å². The van der Waals surface area contributed by atoms with Crippen molar-refractivity contribution in [2.24, 2.45) is 0 Å². The molecule has 0 fully saturated rings. The number of carboxylic acids is 1. The van der Waals surface area contributed by atoms with E-state index in [0.29, 0.717) is 6.42 Å². The number of carboxylic acid groups (broad SMARTS) is 1. The van der Waals surface area contributed by atoms with Gasteiger partial charge in [-0.3, -0.25) is 4.79 Å². The van der Waals surface area contributed by atoms with Crippen molar-refractivity contribution in [1.82, 2.24) is 0 Å². The zero-order chi connectivity index (χ0) is 14.2. The molecule has 0 heterocycles. The molecule has 0 rings (SSSR count). The van der Waals surface area contributed by atoms with Crippen LogP contribution in [0, 0.1) is 0 Å². The summed E-state index contributed by atoms with van der Waals surface area (Å²) in [6.07, 6.45) is 11.5. The molecule has 0 amide bonds. The Morgan fingerprint density at radius 2 is 1.21 bits per heavy atom. The number of aliphatic carboxylic acids is 1. The summed E-state index contributed by atoms with van der Waals surface area (Å²) in [5.74, 6) is -0.659. The van der Waals surface area contributed by atoms with E-state index in [1.54, 1.807) is 0 Å². The van der Waals surface area contributed by atoms with E-state index in [0.717, 1.165) is 12.8 Å². The molecule has 0 aromatic rings. The van der Waals surface area contributed by atoms with Gasteiger partial charge >= 0.3 is 35.5 Å². The molecule has 110 valence electrons. The summed E-state index contributed by atoms with van der Waals surface area (Å²) < 4.78 is 24.1. The summed E-state index contributed by atoms with van der Waals surface area (Å²) >= 11 is 0. The molecule has 7 heteroatoms.